The van der Waals surface area contributed by atoms with Gasteiger partial charge in [-0.3, -0.25) is 4.79 Å². The minimum atomic E-state index is -0.597. The third kappa shape index (κ3) is 2.87. The Bertz CT molecular complexity index is 377. The summed E-state index contributed by atoms with van der Waals surface area (Å²) in [4.78, 5) is 11.8. The first-order valence-corrected chi connectivity index (χ1v) is 4.95. The Morgan fingerprint density at radius 1 is 1.62 bits per heavy atom. The van der Waals surface area contributed by atoms with Crippen LogP contribution in [0.3, 0.4) is 0 Å². The zero-order chi connectivity index (χ0) is 12.1. The third-order valence-corrected chi connectivity index (χ3v) is 2.06. The van der Waals surface area contributed by atoms with Crippen molar-refractivity contribution in [3.8, 4) is 5.75 Å². The minimum Gasteiger partial charge on any atom is -0.496 e. The lowest BCUT2D eigenvalue weighted by Gasteiger charge is -2.12. The number of ether oxygens (including phenoxy) is 1. The number of nitrogens with two attached hydrogens (primary N) is 1. The number of nitrogen functional groups attached to an aromatic ring is 1. The van der Waals surface area contributed by atoms with E-state index in [2.05, 4.69) is 5.32 Å². The summed E-state index contributed by atoms with van der Waals surface area (Å²) in [5, 5.41) is 11.6. The molecular formula is C11H16N2O3. The van der Waals surface area contributed by atoms with E-state index in [-0.39, 0.29) is 12.5 Å². The van der Waals surface area contributed by atoms with E-state index in [9.17, 15) is 4.79 Å². The molecule has 0 saturated carbocycles. The van der Waals surface area contributed by atoms with E-state index in [0.29, 0.717) is 17.0 Å². The Kier molecular flexibility index (Phi) is 4.13. The number of methoxy groups -OCH3 is 1. The van der Waals surface area contributed by atoms with Crippen LogP contribution in [-0.2, 0) is 0 Å². The van der Waals surface area contributed by atoms with E-state index in [1.165, 1.54) is 7.11 Å². The number of nitrogens with one attached hydrogen (secondary N) is 1. The van der Waals surface area contributed by atoms with Gasteiger partial charge in [0.25, 0.3) is 5.91 Å². The van der Waals surface area contributed by atoms with Gasteiger partial charge in [0.05, 0.1) is 13.2 Å². The molecule has 88 valence electrons. The number of aliphatic hydroxyl groups excluding tert-OH is 1. The number of carbonyl (C=O) groups excluding carboxylic acids is 1. The lowest BCUT2D eigenvalue weighted by atomic mass is 10.1. The van der Waals surface area contributed by atoms with Crippen molar-refractivity contribution < 1.29 is 14.6 Å². The predicted octanol–water partition coefficient (Wildman–Crippen LogP) is 0.388. The lowest BCUT2D eigenvalue weighted by Crippen LogP contribution is -2.31. The average molecular weight is 224 g/mol. The molecule has 1 atom stereocenters. The zero-order valence-electron chi connectivity index (χ0n) is 9.36. The largest absolute Gasteiger partial charge is 0.496 e. The normalized spacial score (nSPS) is 11.9. The monoisotopic (exact) mass is 224 g/mol. The highest BCUT2D eigenvalue weighted by atomic mass is 16.5. The fraction of sp³-hybridized carbons (Fsp3) is 0.364. The van der Waals surface area contributed by atoms with Crippen molar-refractivity contribution in [1.29, 1.82) is 0 Å². The number of carbonyl (C=O) groups is 1. The van der Waals surface area contributed by atoms with Crippen molar-refractivity contribution in [1.82, 2.24) is 5.32 Å². The molecule has 0 fully saturated rings. The summed E-state index contributed by atoms with van der Waals surface area (Å²) in [6, 6.07) is 4.99. The van der Waals surface area contributed by atoms with Gasteiger partial charge in [-0.15, -0.1) is 0 Å². The van der Waals surface area contributed by atoms with Crippen LogP contribution in [0.4, 0.5) is 5.69 Å². The molecule has 0 aromatic heterocycles. The van der Waals surface area contributed by atoms with Crippen molar-refractivity contribution in [2.75, 3.05) is 19.4 Å². The number of rotatable bonds is 4. The first kappa shape index (κ1) is 12.3. The second-order valence-corrected chi connectivity index (χ2v) is 3.48. The Morgan fingerprint density at radius 3 is 2.88 bits per heavy atom. The van der Waals surface area contributed by atoms with Crippen molar-refractivity contribution in [2.45, 2.75) is 13.0 Å². The van der Waals surface area contributed by atoms with E-state index in [1.54, 1.807) is 25.1 Å². The van der Waals surface area contributed by atoms with Crippen LogP contribution in [0.25, 0.3) is 0 Å². The van der Waals surface area contributed by atoms with E-state index in [4.69, 9.17) is 15.6 Å². The standard InChI is InChI=1S/C11H16N2O3/c1-7(14)6-13-11(15)10-8(12)4-3-5-9(10)16-2/h3-5,7,14H,6,12H2,1-2H3,(H,13,15)/t7-/m0/s1. The topological polar surface area (TPSA) is 84.6 Å². The van der Waals surface area contributed by atoms with E-state index in [1.807, 2.05) is 0 Å². The SMILES string of the molecule is COc1cccc(N)c1C(=O)NC[C@H](C)O. The highest BCUT2D eigenvalue weighted by Crippen LogP contribution is 2.23. The minimum absolute atomic E-state index is 0.177. The van der Waals surface area contributed by atoms with Gasteiger partial charge in [-0.1, -0.05) is 6.07 Å². The summed E-state index contributed by atoms with van der Waals surface area (Å²) < 4.78 is 5.05. The molecule has 5 heteroatoms. The molecule has 0 unspecified atom stereocenters. The van der Waals surface area contributed by atoms with Crippen LogP contribution in [0.5, 0.6) is 5.75 Å². The molecule has 0 aliphatic carbocycles. The maximum absolute atomic E-state index is 11.8. The van der Waals surface area contributed by atoms with Crippen LogP contribution in [0.1, 0.15) is 17.3 Å². The second-order valence-electron chi connectivity index (χ2n) is 3.48. The predicted molar refractivity (Wildman–Crippen MR) is 61.4 cm³/mol. The van der Waals surface area contributed by atoms with Gasteiger partial charge in [0.2, 0.25) is 0 Å². The quantitative estimate of drug-likeness (QED) is 0.646. The first-order chi connectivity index (χ1) is 7.56. The number of benzene rings is 1. The maximum atomic E-state index is 11.8. The number of hydrogen-bond acceptors (Lipinski definition) is 4. The molecule has 0 radical (unpaired) electrons. The second kappa shape index (κ2) is 5.37. The summed E-state index contributed by atoms with van der Waals surface area (Å²) in [6.07, 6.45) is -0.597. The Labute approximate surface area is 94.2 Å². The maximum Gasteiger partial charge on any atom is 0.257 e. The average Bonchev–Trinajstić information content (AvgIpc) is 2.25. The van der Waals surface area contributed by atoms with Gasteiger partial charge in [0.15, 0.2) is 0 Å². The number of amides is 1. The molecule has 1 amide bonds. The lowest BCUT2D eigenvalue weighted by molar-refractivity contribution is 0.0922. The van der Waals surface area contributed by atoms with Crippen molar-refractivity contribution >= 4 is 11.6 Å². The van der Waals surface area contributed by atoms with Crippen LogP contribution < -0.4 is 15.8 Å². The van der Waals surface area contributed by atoms with Gasteiger partial charge in [-0.25, -0.2) is 0 Å². The summed E-state index contributed by atoms with van der Waals surface area (Å²) in [7, 11) is 1.47. The van der Waals surface area contributed by atoms with E-state index in [0.717, 1.165) is 0 Å². The number of aliphatic hydroxyl groups is 1. The van der Waals surface area contributed by atoms with Crippen LogP contribution >= 0.6 is 0 Å². The van der Waals surface area contributed by atoms with Gasteiger partial charge in [-0.05, 0) is 19.1 Å². The molecule has 5 nitrogen and oxygen atoms in total. The Morgan fingerprint density at radius 2 is 2.31 bits per heavy atom. The van der Waals surface area contributed by atoms with Crippen LogP contribution in [0, 0.1) is 0 Å². The van der Waals surface area contributed by atoms with Gasteiger partial charge in [0, 0.05) is 12.2 Å². The van der Waals surface area contributed by atoms with Crippen molar-refractivity contribution in [2.24, 2.45) is 0 Å². The Hall–Kier alpha value is -1.75. The van der Waals surface area contributed by atoms with Crippen molar-refractivity contribution in [3.63, 3.8) is 0 Å². The summed E-state index contributed by atoms with van der Waals surface area (Å²) >= 11 is 0. The summed E-state index contributed by atoms with van der Waals surface area (Å²) in [5.74, 6) is 0.0685. The molecule has 0 heterocycles. The van der Waals surface area contributed by atoms with E-state index < -0.39 is 6.10 Å². The van der Waals surface area contributed by atoms with Gasteiger partial charge in [-0.2, -0.15) is 0 Å². The number of hydrogen-bond donors (Lipinski definition) is 3. The van der Waals surface area contributed by atoms with Crippen LogP contribution in [0.15, 0.2) is 18.2 Å². The smallest absolute Gasteiger partial charge is 0.257 e. The Balaban J connectivity index is 2.89. The molecule has 1 rings (SSSR count). The van der Waals surface area contributed by atoms with E-state index >= 15 is 0 Å². The fourth-order valence-corrected chi connectivity index (χ4v) is 1.29. The fourth-order valence-electron chi connectivity index (χ4n) is 1.29. The summed E-state index contributed by atoms with van der Waals surface area (Å²) in [5.41, 5.74) is 6.35. The summed E-state index contributed by atoms with van der Waals surface area (Å²) in [6.45, 7) is 1.77. The number of anilines is 1. The van der Waals surface area contributed by atoms with Gasteiger partial charge in [0.1, 0.15) is 11.3 Å². The third-order valence-electron chi connectivity index (χ3n) is 2.06. The molecular weight excluding hydrogens is 208 g/mol. The van der Waals surface area contributed by atoms with Gasteiger partial charge >= 0.3 is 0 Å². The molecule has 0 aliphatic rings. The molecule has 16 heavy (non-hydrogen) atoms. The van der Waals surface area contributed by atoms with Gasteiger partial charge < -0.3 is 20.9 Å². The zero-order valence-corrected chi connectivity index (χ0v) is 9.36. The highest BCUT2D eigenvalue weighted by molar-refractivity contribution is 6.01. The molecule has 0 spiro atoms. The molecule has 1 aromatic rings. The molecule has 4 N–H and O–H groups in total. The van der Waals surface area contributed by atoms with Crippen molar-refractivity contribution in [3.05, 3.63) is 23.8 Å². The molecule has 0 bridgehead atoms. The molecule has 0 saturated heterocycles. The first-order valence-electron chi connectivity index (χ1n) is 4.95. The molecule has 1 aromatic carbocycles. The highest BCUT2D eigenvalue weighted by Gasteiger charge is 2.15. The molecule has 0 aliphatic heterocycles. The van der Waals surface area contributed by atoms with Crippen LogP contribution in [-0.4, -0.2) is 30.8 Å². The van der Waals surface area contributed by atoms with Crippen LogP contribution in [0.2, 0.25) is 0 Å².